The first-order valence-corrected chi connectivity index (χ1v) is 10.6. The molecule has 8 heteroatoms. The second kappa shape index (κ2) is 9.43. The van der Waals surface area contributed by atoms with E-state index in [-0.39, 0.29) is 11.4 Å². The normalized spacial score (nSPS) is 11.5. The first-order chi connectivity index (χ1) is 14.4. The highest BCUT2D eigenvalue weighted by atomic mass is 32.2. The number of hydrogen-bond donors (Lipinski definition) is 2. The molecule has 7 nitrogen and oxygen atoms in total. The number of aryl methyl sites for hydroxylation is 1. The van der Waals surface area contributed by atoms with Crippen LogP contribution in [0.4, 0.5) is 5.69 Å². The van der Waals surface area contributed by atoms with Gasteiger partial charge in [-0.1, -0.05) is 17.7 Å². The van der Waals surface area contributed by atoms with E-state index in [2.05, 4.69) is 10.0 Å². The highest BCUT2D eigenvalue weighted by Crippen LogP contribution is 2.21. The summed E-state index contributed by atoms with van der Waals surface area (Å²) in [5, 5.41) is 2.67. The quantitative estimate of drug-likeness (QED) is 0.535. The molecule has 30 heavy (non-hydrogen) atoms. The monoisotopic (exact) mass is 426 g/mol. The van der Waals surface area contributed by atoms with Crippen molar-refractivity contribution in [2.75, 3.05) is 12.4 Å². The second-order valence-corrected chi connectivity index (χ2v) is 8.27. The molecule has 0 radical (unpaired) electrons. The molecular weight excluding hydrogens is 404 g/mol. The van der Waals surface area contributed by atoms with Crippen molar-refractivity contribution in [3.63, 3.8) is 0 Å². The van der Waals surface area contributed by atoms with Gasteiger partial charge in [0.2, 0.25) is 15.9 Å². The van der Waals surface area contributed by atoms with Crippen LogP contribution >= 0.6 is 0 Å². The topological polar surface area (TPSA) is 97.6 Å². The number of anilines is 1. The molecule has 0 aliphatic rings. The van der Waals surface area contributed by atoms with Gasteiger partial charge in [0.25, 0.3) is 0 Å². The van der Waals surface area contributed by atoms with Crippen LogP contribution in [0.5, 0.6) is 5.75 Å². The van der Waals surface area contributed by atoms with Crippen molar-refractivity contribution in [1.29, 1.82) is 0 Å². The molecule has 0 bridgehead atoms. The van der Waals surface area contributed by atoms with Crippen molar-refractivity contribution in [2.24, 2.45) is 0 Å². The maximum absolute atomic E-state index is 12.5. The molecule has 1 heterocycles. The second-order valence-electron chi connectivity index (χ2n) is 6.50. The van der Waals surface area contributed by atoms with E-state index >= 15 is 0 Å². The number of nitrogens with one attached hydrogen (secondary N) is 2. The lowest BCUT2D eigenvalue weighted by atomic mass is 10.1. The van der Waals surface area contributed by atoms with E-state index in [0.29, 0.717) is 17.2 Å². The van der Waals surface area contributed by atoms with Gasteiger partial charge in [0, 0.05) is 17.3 Å². The molecule has 2 N–H and O–H groups in total. The van der Waals surface area contributed by atoms with E-state index in [1.807, 2.05) is 25.1 Å². The molecule has 0 fully saturated rings. The zero-order chi connectivity index (χ0) is 21.6. The average Bonchev–Trinajstić information content (AvgIpc) is 3.25. The van der Waals surface area contributed by atoms with Crippen molar-refractivity contribution in [1.82, 2.24) is 4.72 Å². The summed E-state index contributed by atoms with van der Waals surface area (Å²) in [6.07, 6.45) is 4.49. The molecule has 1 aromatic heterocycles. The summed E-state index contributed by atoms with van der Waals surface area (Å²) in [5.74, 6) is 0.761. The van der Waals surface area contributed by atoms with Gasteiger partial charge in [-0.2, -0.15) is 0 Å². The summed E-state index contributed by atoms with van der Waals surface area (Å²) in [5.41, 5.74) is 2.17. The molecule has 0 spiro atoms. The Morgan fingerprint density at radius 3 is 2.70 bits per heavy atom. The number of hydrogen-bond acceptors (Lipinski definition) is 5. The third-order valence-electron chi connectivity index (χ3n) is 4.23. The fraction of sp³-hybridized carbons (Fsp3) is 0.136. The van der Waals surface area contributed by atoms with Gasteiger partial charge in [-0.05, 0) is 55.5 Å². The standard InChI is InChI=1S/C22H22N2O5S/c1-16-8-10-21(28-2)17(13-16)9-11-22(25)24-18-5-3-7-20(14-18)30(26,27)23-15-19-6-4-12-29-19/h3-14,23H,15H2,1-2H3,(H,24,25)/b11-9+. The minimum Gasteiger partial charge on any atom is -0.496 e. The first kappa shape index (κ1) is 21.4. The summed E-state index contributed by atoms with van der Waals surface area (Å²) >= 11 is 0. The maximum atomic E-state index is 12.5. The van der Waals surface area contributed by atoms with E-state index in [1.54, 1.807) is 37.5 Å². The van der Waals surface area contributed by atoms with Crippen LogP contribution in [0.3, 0.4) is 0 Å². The van der Waals surface area contributed by atoms with Crippen LogP contribution in [-0.2, 0) is 21.4 Å². The Kier molecular flexibility index (Phi) is 6.71. The third kappa shape index (κ3) is 5.59. The fourth-order valence-corrected chi connectivity index (χ4v) is 3.78. The number of amides is 1. The van der Waals surface area contributed by atoms with E-state index in [1.165, 1.54) is 24.5 Å². The van der Waals surface area contributed by atoms with Crippen molar-refractivity contribution in [3.8, 4) is 5.75 Å². The summed E-state index contributed by atoms with van der Waals surface area (Å²) < 4.78 is 37.8. The van der Waals surface area contributed by atoms with Gasteiger partial charge >= 0.3 is 0 Å². The molecule has 0 aliphatic carbocycles. The third-order valence-corrected chi connectivity index (χ3v) is 5.63. The van der Waals surface area contributed by atoms with Crippen LogP contribution < -0.4 is 14.8 Å². The summed E-state index contributed by atoms with van der Waals surface area (Å²) in [4.78, 5) is 12.3. The highest BCUT2D eigenvalue weighted by Gasteiger charge is 2.15. The predicted octanol–water partition coefficient (Wildman–Crippen LogP) is 3.73. The van der Waals surface area contributed by atoms with Gasteiger partial charge in [0.1, 0.15) is 11.5 Å². The average molecular weight is 426 g/mol. The Balaban J connectivity index is 1.69. The predicted molar refractivity (Wildman–Crippen MR) is 115 cm³/mol. The van der Waals surface area contributed by atoms with Crippen molar-refractivity contribution < 1.29 is 22.4 Å². The number of methoxy groups -OCH3 is 1. The molecule has 0 saturated heterocycles. The Labute approximate surface area is 175 Å². The molecule has 3 rings (SSSR count). The summed E-state index contributed by atoms with van der Waals surface area (Å²) in [6, 6.07) is 15.0. The lowest BCUT2D eigenvalue weighted by molar-refractivity contribution is -0.111. The molecular formula is C22H22N2O5S. The van der Waals surface area contributed by atoms with Crippen LogP contribution in [0.15, 0.2) is 76.2 Å². The van der Waals surface area contributed by atoms with Crippen LogP contribution in [0, 0.1) is 6.92 Å². The van der Waals surface area contributed by atoms with Gasteiger partial charge in [0.15, 0.2) is 0 Å². The number of ether oxygens (including phenoxy) is 1. The van der Waals surface area contributed by atoms with Crippen molar-refractivity contribution in [2.45, 2.75) is 18.4 Å². The maximum Gasteiger partial charge on any atom is 0.248 e. The number of benzene rings is 2. The van der Waals surface area contributed by atoms with E-state index in [4.69, 9.17) is 9.15 Å². The lowest BCUT2D eigenvalue weighted by Gasteiger charge is -2.08. The van der Waals surface area contributed by atoms with Gasteiger partial charge in [-0.15, -0.1) is 0 Å². The summed E-state index contributed by atoms with van der Waals surface area (Å²) in [7, 11) is -2.20. The lowest BCUT2D eigenvalue weighted by Crippen LogP contribution is -2.23. The Morgan fingerprint density at radius 1 is 1.13 bits per heavy atom. The van der Waals surface area contributed by atoms with Crippen molar-refractivity contribution in [3.05, 3.63) is 83.8 Å². The van der Waals surface area contributed by atoms with Crippen LogP contribution in [-0.4, -0.2) is 21.4 Å². The molecule has 1 amide bonds. The first-order valence-electron chi connectivity index (χ1n) is 9.13. The molecule has 0 aliphatic heterocycles. The van der Waals surface area contributed by atoms with Gasteiger partial charge in [-0.25, -0.2) is 13.1 Å². The molecule has 156 valence electrons. The smallest absolute Gasteiger partial charge is 0.248 e. The van der Waals surface area contributed by atoms with Crippen LogP contribution in [0.2, 0.25) is 0 Å². The molecule has 0 atom stereocenters. The molecule has 0 unspecified atom stereocenters. The summed E-state index contributed by atoms with van der Waals surface area (Å²) in [6.45, 7) is 1.98. The molecule has 2 aromatic carbocycles. The Bertz CT molecular complexity index is 1150. The minimum absolute atomic E-state index is 0.0347. The SMILES string of the molecule is COc1ccc(C)cc1/C=C/C(=O)Nc1cccc(S(=O)(=O)NCc2ccco2)c1. The van der Waals surface area contributed by atoms with Gasteiger partial charge in [-0.3, -0.25) is 4.79 Å². The van der Waals surface area contributed by atoms with Crippen molar-refractivity contribution >= 4 is 27.7 Å². The Morgan fingerprint density at radius 2 is 1.97 bits per heavy atom. The van der Waals surface area contributed by atoms with E-state index in [9.17, 15) is 13.2 Å². The van der Waals surface area contributed by atoms with Gasteiger partial charge < -0.3 is 14.5 Å². The minimum atomic E-state index is -3.76. The number of sulfonamides is 1. The zero-order valence-corrected chi connectivity index (χ0v) is 17.4. The molecule has 0 saturated carbocycles. The van der Waals surface area contributed by atoms with E-state index in [0.717, 1.165) is 11.1 Å². The number of furan rings is 1. The van der Waals surface area contributed by atoms with Crippen LogP contribution in [0.1, 0.15) is 16.9 Å². The largest absolute Gasteiger partial charge is 0.496 e. The van der Waals surface area contributed by atoms with Crippen LogP contribution in [0.25, 0.3) is 6.08 Å². The highest BCUT2D eigenvalue weighted by molar-refractivity contribution is 7.89. The fourth-order valence-electron chi connectivity index (χ4n) is 2.74. The molecule has 3 aromatic rings. The number of carbonyl (C=O) groups excluding carboxylic acids is 1. The van der Waals surface area contributed by atoms with Gasteiger partial charge in [0.05, 0.1) is 24.8 Å². The zero-order valence-electron chi connectivity index (χ0n) is 16.6. The Hall–Kier alpha value is -3.36. The number of carbonyl (C=O) groups is 1. The number of rotatable bonds is 8. The van der Waals surface area contributed by atoms with E-state index < -0.39 is 15.9 Å².